The average Bonchev–Trinajstić information content (AvgIpc) is 3.23. The summed E-state index contributed by atoms with van der Waals surface area (Å²) in [7, 11) is 1.33. The summed E-state index contributed by atoms with van der Waals surface area (Å²) in [5.41, 5.74) is 3.39. The number of rotatable bonds is 4. The average molecular weight is 405 g/mol. The summed E-state index contributed by atoms with van der Waals surface area (Å²) in [4.78, 5) is 31.0. The molecule has 2 atom stereocenters. The minimum atomic E-state index is -0.498. The molecule has 2 aromatic heterocycles. The molecule has 2 aliphatic heterocycles. The van der Waals surface area contributed by atoms with E-state index in [2.05, 4.69) is 16.0 Å². The number of carbonyl (C=O) groups excluding carboxylic acids is 1. The SMILES string of the molecule is COC(=O)c1coc(CN2C[C@@H]3C[C@H](C2)c2cc(-c4ccccc4)cc(=O)n2C3)n1. The molecular weight excluding hydrogens is 382 g/mol. The van der Waals surface area contributed by atoms with Crippen LogP contribution in [0.4, 0.5) is 0 Å². The number of benzene rings is 1. The molecule has 5 rings (SSSR count). The van der Waals surface area contributed by atoms with Crippen molar-refractivity contribution in [2.45, 2.75) is 25.4 Å². The van der Waals surface area contributed by atoms with E-state index >= 15 is 0 Å². The van der Waals surface area contributed by atoms with Gasteiger partial charge in [0.25, 0.3) is 5.56 Å². The lowest BCUT2D eigenvalue weighted by molar-refractivity contribution is 0.0593. The van der Waals surface area contributed by atoms with Crippen LogP contribution in [0.3, 0.4) is 0 Å². The van der Waals surface area contributed by atoms with Crippen LogP contribution in [-0.2, 0) is 17.8 Å². The molecule has 0 saturated carbocycles. The zero-order chi connectivity index (χ0) is 20.7. The number of hydrogen-bond acceptors (Lipinski definition) is 6. The second kappa shape index (κ2) is 7.57. The first-order valence-electron chi connectivity index (χ1n) is 10.2. The smallest absolute Gasteiger partial charge is 0.360 e. The number of hydrogen-bond donors (Lipinski definition) is 0. The highest BCUT2D eigenvalue weighted by molar-refractivity contribution is 5.86. The van der Waals surface area contributed by atoms with Gasteiger partial charge < -0.3 is 13.7 Å². The number of esters is 1. The Bertz CT molecular complexity index is 1130. The number of aromatic nitrogens is 2. The molecule has 154 valence electrons. The predicted octanol–water partition coefficient (Wildman–Crippen LogP) is 2.91. The van der Waals surface area contributed by atoms with Gasteiger partial charge in [-0.05, 0) is 29.5 Å². The number of pyridine rings is 1. The van der Waals surface area contributed by atoms with Crippen LogP contribution < -0.4 is 5.56 Å². The Balaban J connectivity index is 1.40. The van der Waals surface area contributed by atoms with Crippen LogP contribution in [0.1, 0.15) is 34.4 Å². The number of piperidine rings is 1. The predicted molar refractivity (Wildman–Crippen MR) is 110 cm³/mol. The van der Waals surface area contributed by atoms with E-state index in [-0.39, 0.29) is 17.2 Å². The van der Waals surface area contributed by atoms with Crippen LogP contribution in [0.2, 0.25) is 0 Å². The summed E-state index contributed by atoms with van der Waals surface area (Å²) in [5, 5.41) is 0. The van der Waals surface area contributed by atoms with E-state index in [1.165, 1.54) is 13.4 Å². The molecule has 1 aromatic carbocycles. The molecule has 0 spiro atoms. The number of oxazole rings is 1. The molecule has 7 nitrogen and oxygen atoms in total. The van der Waals surface area contributed by atoms with Gasteiger partial charge in [0.1, 0.15) is 6.26 Å². The van der Waals surface area contributed by atoms with Gasteiger partial charge in [-0.15, -0.1) is 0 Å². The minimum Gasteiger partial charge on any atom is -0.464 e. The maximum absolute atomic E-state index is 12.8. The number of nitrogens with zero attached hydrogens (tertiary/aromatic N) is 3. The Morgan fingerprint density at radius 2 is 2.00 bits per heavy atom. The highest BCUT2D eigenvalue weighted by Crippen LogP contribution is 2.37. The Hall–Kier alpha value is -3.19. The molecule has 2 bridgehead atoms. The van der Waals surface area contributed by atoms with Gasteiger partial charge in [-0.25, -0.2) is 9.78 Å². The molecule has 4 heterocycles. The van der Waals surface area contributed by atoms with Gasteiger partial charge in [-0.3, -0.25) is 9.69 Å². The summed E-state index contributed by atoms with van der Waals surface area (Å²) < 4.78 is 12.1. The molecule has 7 heteroatoms. The van der Waals surface area contributed by atoms with E-state index in [1.807, 2.05) is 34.9 Å². The first kappa shape index (κ1) is 18.8. The van der Waals surface area contributed by atoms with Crippen molar-refractivity contribution in [2.24, 2.45) is 5.92 Å². The highest BCUT2D eigenvalue weighted by atomic mass is 16.5. The first-order valence-corrected chi connectivity index (χ1v) is 10.2. The summed E-state index contributed by atoms with van der Waals surface area (Å²) in [5.74, 6) is 0.698. The van der Waals surface area contributed by atoms with Crippen molar-refractivity contribution in [3.05, 3.63) is 76.4 Å². The molecule has 0 aliphatic carbocycles. The number of methoxy groups -OCH3 is 1. The van der Waals surface area contributed by atoms with Gasteiger partial charge >= 0.3 is 5.97 Å². The number of fused-ring (bicyclic) bond motifs is 4. The maximum Gasteiger partial charge on any atom is 0.360 e. The lowest BCUT2D eigenvalue weighted by Crippen LogP contribution is -2.46. The van der Waals surface area contributed by atoms with Gasteiger partial charge in [0.2, 0.25) is 5.89 Å². The second-order valence-electron chi connectivity index (χ2n) is 8.09. The van der Waals surface area contributed by atoms with Crippen LogP contribution in [0, 0.1) is 5.92 Å². The number of ether oxygens (including phenoxy) is 1. The molecule has 3 aromatic rings. The van der Waals surface area contributed by atoms with Gasteiger partial charge in [-0.1, -0.05) is 30.3 Å². The molecule has 1 fully saturated rings. The minimum absolute atomic E-state index is 0.0740. The Morgan fingerprint density at radius 1 is 1.17 bits per heavy atom. The fourth-order valence-corrected chi connectivity index (χ4v) is 4.76. The second-order valence-corrected chi connectivity index (χ2v) is 8.09. The van der Waals surface area contributed by atoms with E-state index in [9.17, 15) is 9.59 Å². The lowest BCUT2D eigenvalue weighted by Gasteiger charge is -2.42. The zero-order valence-electron chi connectivity index (χ0n) is 16.8. The quantitative estimate of drug-likeness (QED) is 0.621. The van der Waals surface area contributed by atoms with Crippen molar-refractivity contribution in [2.75, 3.05) is 20.2 Å². The van der Waals surface area contributed by atoms with Gasteiger partial charge in [-0.2, -0.15) is 0 Å². The molecule has 0 N–H and O–H groups in total. The summed E-state index contributed by atoms with van der Waals surface area (Å²) in [6, 6.07) is 13.9. The fourth-order valence-electron chi connectivity index (χ4n) is 4.76. The Labute approximate surface area is 173 Å². The molecule has 30 heavy (non-hydrogen) atoms. The maximum atomic E-state index is 12.8. The van der Waals surface area contributed by atoms with Crippen LogP contribution in [0.25, 0.3) is 11.1 Å². The first-order chi connectivity index (χ1) is 14.6. The third-order valence-corrected chi connectivity index (χ3v) is 6.04. The molecule has 1 saturated heterocycles. The van der Waals surface area contributed by atoms with Crippen molar-refractivity contribution < 1.29 is 13.9 Å². The zero-order valence-corrected chi connectivity index (χ0v) is 16.8. The summed E-state index contributed by atoms with van der Waals surface area (Å²) >= 11 is 0. The van der Waals surface area contributed by atoms with Crippen LogP contribution in [0.5, 0.6) is 0 Å². The Morgan fingerprint density at radius 3 is 2.80 bits per heavy atom. The summed E-state index contributed by atoms with van der Waals surface area (Å²) in [6.45, 7) is 2.96. The summed E-state index contributed by atoms with van der Waals surface area (Å²) in [6.07, 6.45) is 2.42. The monoisotopic (exact) mass is 405 g/mol. The normalized spacial score (nSPS) is 20.6. The van der Waals surface area contributed by atoms with Crippen molar-refractivity contribution in [3.8, 4) is 11.1 Å². The van der Waals surface area contributed by atoms with Crippen LogP contribution in [0.15, 0.2) is 57.9 Å². The lowest BCUT2D eigenvalue weighted by atomic mass is 9.82. The van der Waals surface area contributed by atoms with E-state index in [4.69, 9.17) is 9.15 Å². The van der Waals surface area contributed by atoms with E-state index in [0.29, 0.717) is 18.4 Å². The van der Waals surface area contributed by atoms with Crippen molar-refractivity contribution in [1.29, 1.82) is 0 Å². The largest absolute Gasteiger partial charge is 0.464 e. The fraction of sp³-hybridized carbons (Fsp3) is 0.348. The van der Waals surface area contributed by atoms with E-state index in [1.54, 1.807) is 6.07 Å². The molecule has 0 unspecified atom stereocenters. The highest BCUT2D eigenvalue weighted by Gasteiger charge is 2.35. The van der Waals surface area contributed by atoms with Gasteiger partial charge in [0, 0.05) is 37.3 Å². The standard InChI is InChI=1S/C23H23N3O4/c1-29-23(28)19-14-30-21(24-19)13-25-10-15-7-18(12-25)20-8-17(9-22(27)26(20)11-15)16-5-3-2-4-6-16/h2-6,8-9,14-15,18H,7,10-13H2,1H3/t15-,18+/m0/s1. The number of likely N-dealkylation sites (tertiary alicyclic amines) is 1. The van der Waals surface area contributed by atoms with Crippen LogP contribution in [-0.4, -0.2) is 40.6 Å². The van der Waals surface area contributed by atoms with Gasteiger partial charge in [0.15, 0.2) is 5.69 Å². The van der Waals surface area contributed by atoms with Crippen molar-refractivity contribution in [1.82, 2.24) is 14.5 Å². The van der Waals surface area contributed by atoms with Crippen molar-refractivity contribution >= 4 is 5.97 Å². The van der Waals surface area contributed by atoms with E-state index < -0.39 is 5.97 Å². The van der Waals surface area contributed by atoms with Gasteiger partial charge in [0.05, 0.1) is 13.7 Å². The Kier molecular flexibility index (Phi) is 4.75. The third-order valence-electron chi connectivity index (χ3n) is 6.04. The van der Waals surface area contributed by atoms with E-state index in [0.717, 1.165) is 42.9 Å². The molecular formula is C23H23N3O4. The van der Waals surface area contributed by atoms with Crippen LogP contribution >= 0.6 is 0 Å². The molecule has 0 radical (unpaired) electrons. The molecule has 0 amide bonds. The third kappa shape index (κ3) is 3.45. The molecule has 2 aliphatic rings. The number of carbonyl (C=O) groups is 1. The topological polar surface area (TPSA) is 77.6 Å². The van der Waals surface area contributed by atoms with Crippen molar-refractivity contribution in [3.63, 3.8) is 0 Å².